The van der Waals surface area contributed by atoms with Gasteiger partial charge in [-0.1, -0.05) is 17.7 Å². The molecular formula is C23H28ClO9P. The van der Waals surface area contributed by atoms with Crippen molar-refractivity contribution in [2.75, 3.05) is 21.3 Å². The molecule has 186 valence electrons. The molecule has 1 aromatic carbocycles. The van der Waals surface area contributed by atoms with Crippen LogP contribution in [-0.4, -0.2) is 32.4 Å². The van der Waals surface area contributed by atoms with Gasteiger partial charge in [-0.25, -0.2) is 19.1 Å². The SMILES string of the molecule is COOP(=O)(OOC)Oc1c(/C=C/C(=O)O)ccc(C(OC)=C2C3CC4CC(C3)CC2C4)c1Cl. The molecular weight excluding hydrogens is 487 g/mol. The Kier molecular flexibility index (Phi) is 7.72. The lowest BCUT2D eigenvalue weighted by atomic mass is 9.54. The van der Waals surface area contributed by atoms with Gasteiger partial charge in [0, 0.05) is 17.2 Å². The van der Waals surface area contributed by atoms with E-state index in [4.69, 9.17) is 26.0 Å². The summed E-state index contributed by atoms with van der Waals surface area (Å²) in [5.41, 5.74) is 2.05. The molecule has 4 fully saturated rings. The number of carboxylic acids is 1. The van der Waals surface area contributed by atoms with Gasteiger partial charge < -0.3 is 14.4 Å². The highest BCUT2D eigenvalue weighted by Gasteiger charge is 2.47. The normalized spacial score (nSPS) is 25.7. The number of ether oxygens (including phenoxy) is 1. The lowest BCUT2D eigenvalue weighted by Crippen LogP contribution is -2.40. The van der Waals surface area contributed by atoms with Gasteiger partial charge in [0.15, 0.2) is 5.75 Å². The van der Waals surface area contributed by atoms with Crippen molar-refractivity contribution in [2.45, 2.75) is 32.1 Å². The van der Waals surface area contributed by atoms with E-state index in [1.54, 1.807) is 19.2 Å². The Bertz CT molecular complexity index is 1010. The number of carboxylic acid groups (broad SMARTS) is 1. The van der Waals surface area contributed by atoms with E-state index in [1.807, 2.05) is 0 Å². The van der Waals surface area contributed by atoms with Gasteiger partial charge in [-0.3, -0.25) is 0 Å². The fourth-order valence-electron chi connectivity index (χ4n) is 5.91. The molecule has 0 aliphatic heterocycles. The van der Waals surface area contributed by atoms with Crippen molar-refractivity contribution in [1.29, 1.82) is 0 Å². The number of aliphatic carboxylic acids is 1. The summed E-state index contributed by atoms with van der Waals surface area (Å²) in [6, 6.07) is 3.35. The zero-order valence-corrected chi connectivity index (χ0v) is 20.8. The third-order valence-electron chi connectivity index (χ3n) is 6.80. The molecule has 1 N–H and O–H groups in total. The molecule has 4 saturated carbocycles. The summed E-state index contributed by atoms with van der Waals surface area (Å²) in [7, 11) is -0.569. The fraction of sp³-hybridized carbons (Fsp3) is 0.522. The maximum atomic E-state index is 12.9. The Labute approximate surface area is 203 Å². The van der Waals surface area contributed by atoms with Crippen LogP contribution in [0.1, 0.15) is 43.2 Å². The quantitative estimate of drug-likeness (QED) is 0.134. The second-order valence-corrected chi connectivity index (χ2v) is 10.6. The molecule has 1 aromatic rings. The van der Waals surface area contributed by atoms with Crippen LogP contribution < -0.4 is 4.52 Å². The highest BCUT2D eigenvalue weighted by Crippen LogP contribution is 2.59. The minimum absolute atomic E-state index is 0.0744. The van der Waals surface area contributed by atoms with Crippen LogP contribution in [0.15, 0.2) is 23.8 Å². The maximum absolute atomic E-state index is 12.9. The molecule has 0 heterocycles. The van der Waals surface area contributed by atoms with E-state index in [0.717, 1.165) is 57.8 Å². The molecule has 0 unspecified atom stereocenters. The van der Waals surface area contributed by atoms with Crippen LogP contribution in [0.3, 0.4) is 0 Å². The van der Waals surface area contributed by atoms with E-state index < -0.39 is 13.8 Å². The minimum Gasteiger partial charge on any atom is -0.496 e. The lowest BCUT2D eigenvalue weighted by Gasteiger charge is -2.51. The Morgan fingerprint density at radius 3 is 2.12 bits per heavy atom. The van der Waals surface area contributed by atoms with Crippen LogP contribution in [0.25, 0.3) is 11.8 Å². The number of rotatable bonds is 10. The zero-order valence-electron chi connectivity index (χ0n) is 19.2. The number of hydrogen-bond donors (Lipinski definition) is 1. The average molecular weight is 515 g/mol. The number of carbonyl (C=O) groups is 1. The van der Waals surface area contributed by atoms with Crippen molar-refractivity contribution in [1.82, 2.24) is 0 Å². The van der Waals surface area contributed by atoms with Crippen molar-refractivity contribution in [3.05, 3.63) is 39.9 Å². The van der Waals surface area contributed by atoms with Crippen LogP contribution >= 0.6 is 19.4 Å². The summed E-state index contributed by atoms with van der Waals surface area (Å²) >= 11 is 6.79. The molecule has 34 heavy (non-hydrogen) atoms. The van der Waals surface area contributed by atoms with Gasteiger partial charge >= 0.3 is 13.8 Å². The average Bonchev–Trinajstić information content (AvgIpc) is 2.77. The van der Waals surface area contributed by atoms with Crippen LogP contribution in [0.4, 0.5) is 0 Å². The molecule has 5 rings (SSSR count). The molecule has 0 aromatic heterocycles. The summed E-state index contributed by atoms with van der Waals surface area (Å²) in [4.78, 5) is 20.1. The number of benzene rings is 1. The number of methoxy groups -OCH3 is 1. The Morgan fingerprint density at radius 2 is 1.62 bits per heavy atom. The van der Waals surface area contributed by atoms with Gasteiger partial charge in [0.1, 0.15) is 5.76 Å². The summed E-state index contributed by atoms with van der Waals surface area (Å²) in [6.45, 7) is 0. The number of halogens is 1. The second kappa shape index (κ2) is 10.4. The van der Waals surface area contributed by atoms with E-state index in [1.165, 1.54) is 18.1 Å². The monoisotopic (exact) mass is 514 g/mol. The molecule has 4 aliphatic rings. The van der Waals surface area contributed by atoms with E-state index in [0.29, 0.717) is 23.2 Å². The first-order valence-electron chi connectivity index (χ1n) is 11.0. The lowest BCUT2D eigenvalue weighted by molar-refractivity contribution is -0.253. The smallest absolute Gasteiger partial charge is 0.496 e. The first-order valence-corrected chi connectivity index (χ1v) is 12.9. The van der Waals surface area contributed by atoms with E-state index in [-0.39, 0.29) is 16.3 Å². The van der Waals surface area contributed by atoms with Crippen molar-refractivity contribution in [2.24, 2.45) is 23.7 Å². The third-order valence-corrected chi connectivity index (χ3v) is 8.24. The topological polar surface area (TPSA) is 110 Å². The maximum Gasteiger partial charge on any atom is 0.585 e. The van der Waals surface area contributed by atoms with Gasteiger partial charge in [-0.2, -0.15) is 0 Å². The highest BCUT2D eigenvalue weighted by atomic mass is 35.5. The predicted octanol–water partition coefficient (Wildman–Crippen LogP) is 5.89. The third kappa shape index (κ3) is 5.05. The van der Waals surface area contributed by atoms with Crippen molar-refractivity contribution >= 4 is 37.2 Å². The fourth-order valence-corrected chi connectivity index (χ4v) is 7.14. The van der Waals surface area contributed by atoms with Crippen molar-refractivity contribution in [3.8, 4) is 5.75 Å². The largest absolute Gasteiger partial charge is 0.585 e. The standard InChI is InChI=1S/C23H28ClO9P/c1-28-23(20-16-9-13-8-14(11-16)12-17(20)10-13)18-6-4-15(5-7-19(25)26)22(21(18)24)31-34(27,32-29-2)33-30-3/h4-7,13-14,16-17H,8-12H2,1-3H3,(H,25,26)/b7-5+,23-20?. The van der Waals surface area contributed by atoms with E-state index in [2.05, 4.69) is 19.1 Å². The molecule has 4 aliphatic carbocycles. The highest BCUT2D eigenvalue weighted by molar-refractivity contribution is 7.48. The molecule has 9 nitrogen and oxygen atoms in total. The molecule has 0 amide bonds. The summed E-state index contributed by atoms with van der Waals surface area (Å²) in [5.74, 6) is 1.80. The van der Waals surface area contributed by atoms with E-state index >= 15 is 0 Å². The zero-order chi connectivity index (χ0) is 24.5. The summed E-state index contributed by atoms with van der Waals surface area (Å²) in [5, 5.41) is 9.15. The first-order chi connectivity index (χ1) is 16.3. The summed E-state index contributed by atoms with van der Waals surface area (Å²) < 4.78 is 33.7. The minimum atomic E-state index is -4.42. The van der Waals surface area contributed by atoms with Crippen LogP contribution in [0.5, 0.6) is 5.75 Å². The Morgan fingerprint density at radius 1 is 1.03 bits per heavy atom. The first kappa shape index (κ1) is 25.2. The number of phosphoric acid groups is 1. The summed E-state index contributed by atoms with van der Waals surface area (Å²) in [6.07, 6.45) is 8.08. The molecule has 0 saturated heterocycles. The van der Waals surface area contributed by atoms with Crippen molar-refractivity contribution in [3.63, 3.8) is 0 Å². The van der Waals surface area contributed by atoms with Crippen molar-refractivity contribution < 1.29 is 42.9 Å². The van der Waals surface area contributed by atoms with Crippen LogP contribution in [0, 0.1) is 23.7 Å². The molecule has 11 heteroatoms. The number of hydrogen-bond acceptors (Lipinski definition) is 8. The number of allylic oxidation sites excluding steroid dienone is 1. The molecule has 4 bridgehead atoms. The van der Waals surface area contributed by atoms with E-state index in [9.17, 15) is 9.36 Å². The molecule has 0 radical (unpaired) electrons. The molecule has 0 atom stereocenters. The van der Waals surface area contributed by atoms with Gasteiger partial charge in [0.25, 0.3) is 0 Å². The molecule has 0 spiro atoms. The Balaban J connectivity index is 1.81. The van der Waals surface area contributed by atoms with Crippen LogP contribution in [0.2, 0.25) is 5.02 Å². The van der Waals surface area contributed by atoms with Gasteiger partial charge in [0.2, 0.25) is 0 Å². The van der Waals surface area contributed by atoms with Gasteiger partial charge in [-0.05, 0) is 73.5 Å². The Hall–Kier alpha value is -1.87. The second-order valence-electron chi connectivity index (χ2n) is 8.83. The predicted molar refractivity (Wildman–Crippen MR) is 124 cm³/mol. The van der Waals surface area contributed by atoms with Gasteiger partial charge in [-0.15, -0.1) is 9.35 Å². The van der Waals surface area contributed by atoms with Gasteiger partial charge in [0.05, 0.1) is 26.4 Å². The van der Waals surface area contributed by atoms with Crippen LogP contribution in [-0.2, 0) is 33.2 Å².